The highest BCUT2D eigenvalue weighted by Crippen LogP contribution is 2.64. The zero-order valence-corrected chi connectivity index (χ0v) is 24.8. The van der Waals surface area contributed by atoms with Crippen LogP contribution >= 0.6 is 22.6 Å². The van der Waals surface area contributed by atoms with E-state index in [1.165, 1.54) is 16.9 Å². The number of anilines is 1. The van der Waals surface area contributed by atoms with E-state index >= 15 is 0 Å². The number of phenolic OH excluding ortho intramolecular Hbond substituents is 1. The van der Waals surface area contributed by atoms with Crippen LogP contribution in [0.25, 0.3) is 0 Å². The van der Waals surface area contributed by atoms with Crippen molar-refractivity contribution in [1.82, 2.24) is 4.90 Å². The Morgan fingerprint density at radius 1 is 1.05 bits per heavy atom. The number of para-hydroxylation sites is 1. The number of imide groups is 2. The quantitative estimate of drug-likeness (QED) is 0.286. The summed E-state index contributed by atoms with van der Waals surface area (Å²) in [5, 5.41) is 10.6. The molecule has 2 saturated heterocycles. The Morgan fingerprint density at radius 2 is 1.77 bits per heavy atom. The number of benzene rings is 2. The molecule has 4 amide bonds. The number of carbonyl (C=O) groups is 4. The van der Waals surface area contributed by atoms with E-state index in [0.29, 0.717) is 35.1 Å². The third-order valence-electron chi connectivity index (χ3n) is 9.43. The van der Waals surface area contributed by atoms with E-state index in [1.807, 2.05) is 54.6 Å². The topological polar surface area (TPSA) is 104 Å². The van der Waals surface area contributed by atoms with Gasteiger partial charge in [0.05, 0.1) is 39.5 Å². The summed E-state index contributed by atoms with van der Waals surface area (Å²) in [5.41, 5.74) is 1.03. The number of rotatable bonds is 5. The lowest BCUT2D eigenvalue weighted by Crippen LogP contribution is -2.48. The largest absolute Gasteiger partial charge is 0.504 e. The van der Waals surface area contributed by atoms with Crippen LogP contribution in [0.5, 0.6) is 11.5 Å². The van der Waals surface area contributed by atoms with Gasteiger partial charge in [0, 0.05) is 12.5 Å². The maximum Gasteiger partial charge on any atom is 0.241 e. The Balaban J connectivity index is 1.54. The van der Waals surface area contributed by atoms with E-state index in [2.05, 4.69) is 0 Å². The van der Waals surface area contributed by atoms with Gasteiger partial charge in [-0.25, -0.2) is 4.90 Å². The third-order valence-corrected chi connectivity index (χ3v) is 10.3. The minimum atomic E-state index is -1.14. The molecule has 0 radical (unpaired) electrons. The molecule has 6 atom stereocenters. The molecular formula is C31H31IN2O6. The van der Waals surface area contributed by atoms with Crippen LogP contribution in [-0.2, 0) is 19.2 Å². The predicted molar refractivity (Wildman–Crippen MR) is 155 cm³/mol. The highest BCUT2D eigenvalue weighted by atomic mass is 127. The number of methoxy groups -OCH3 is 1. The third kappa shape index (κ3) is 3.62. The first kappa shape index (κ1) is 27.0. The van der Waals surface area contributed by atoms with Gasteiger partial charge in [-0.1, -0.05) is 36.8 Å². The van der Waals surface area contributed by atoms with Crippen LogP contribution in [0.15, 0.2) is 54.1 Å². The Kier molecular flexibility index (Phi) is 6.55. The lowest BCUT2D eigenvalue weighted by atomic mass is 9.51. The summed E-state index contributed by atoms with van der Waals surface area (Å²) in [6.07, 6.45) is 3.44. The molecule has 1 N–H and O–H groups in total. The summed E-state index contributed by atoms with van der Waals surface area (Å²) >= 11 is 2.04. The molecule has 40 heavy (non-hydrogen) atoms. The molecule has 0 bridgehead atoms. The lowest BCUT2D eigenvalue weighted by molar-refractivity contribution is -0.140. The Labute approximate surface area is 246 Å². The van der Waals surface area contributed by atoms with E-state index < -0.39 is 29.1 Å². The van der Waals surface area contributed by atoms with Crippen molar-refractivity contribution in [3.63, 3.8) is 0 Å². The number of halogens is 1. The number of allylic oxidation sites excluding steroid dienone is 2. The maximum absolute atomic E-state index is 14.4. The van der Waals surface area contributed by atoms with Crippen molar-refractivity contribution in [1.29, 1.82) is 0 Å². The molecule has 0 unspecified atom stereocenters. The van der Waals surface area contributed by atoms with Gasteiger partial charge >= 0.3 is 0 Å². The standard InChI is InChI=1S/C31H31IN2O6/c1-4-12-33-27(36)19-11-10-18-20(24(19)29(33)38)15-21-28(37)34(17-8-6-5-7-9-17)30(39)31(21,2)25(18)16-13-22(32)26(35)23(14-16)40-3/h5-10,13-14,19-21,24-25,35H,4,11-12,15H2,1-3H3/t19-,20+,21-,24-,25-,31+/m0/s1. The maximum atomic E-state index is 14.4. The van der Waals surface area contributed by atoms with Crippen molar-refractivity contribution in [2.45, 2.75) is 39.0 Å². The fraction of sp³-hybridized carbons (Fsp3) is 0.419. The number of hydrogen-bond donors (Lipinski definition) is 1. The number of likely N-dealkylation sites (tertiary alicyclic amines) is 1. The molecule has 8 nitrogen and oxygen atoms in total. The summed E-state index contributed by atoms with van der Waals surface area (Å²) in [7, 11) is 1.47. The molecule has 6 rings (SSSR count). The zero-order chi connectivity index (χ0) is 28.5. The Morgan fingerprint density at radius 3 is 2.45 bits per heavy atom. The van der Waals surface area contributed by atoms with Crippen molar-refractivity contribution < 1.29 is 29.0 Å². The second kappa shape index (κ2) is 9.71. The van der Waals surface area contributed by atoms with Crippen molar-refractivity contribution in [2.75, 3.05) is 18.6 Å². The van der Waals surface area contributed by atoms with Crippen LogP contribution in [0.4, 0.5) is 5.69 Å². The number of carbonyl (C=O) groups excluding carboxylic acids is 4. The molecule has 2 aliphatic heterocycles. The molecule has 2 heterocycles. The Bertz CT molecular complexity index is 1470. The van der Waals surface area contributed by atoms with Gasteiger partial charge in [-0.15, -0.1) is 0 Å². The first-order chi connectivity index (χ1) is 19.1. The summed E-state index contributed by atoms with van der Waals surface area (Å²) in [6, 6.07) is 12.5. The number of nitrogens with zero attached hydrogens (tertiary/aromatic N) is 2. The fourth-order valence-electron chi connectivity index (χ4n) is 7.64. The van der Waals surface area contributed by atoms with E-state index in [0.717, 1.165) is 11.1 Å². The van der Waals surface area contributed by atoms with Gasteiger partial charge in [0.25, 0.3) is 0 Å². The summed E-state index contributed by atoms with van der Waals surface area (Å²) in [5.74, 6) is -3.22. The minimum Gasteiger partial charge on any atom is -0.504 e. The fourth-order valence-corrected chi connectivity index (χ4v) is 8.27. The molecule has 0 aromatic heterocycles. The summed E-state index contributed by atoms with van der Waals surface area (Å²) in [6.45, 7) is 4.17. The molecular weight excluding hydrogens is 623 g/mol. The van der Waals surface area contributed by atoms with Crippen molar-refractivity contribution in [3.8, 4) is 11.5 Å². The number of fused-ring (bicyclic) bond motifs is 4. The molecule has 2 aliphatic carbocycles. The first-order valence-electron chi connectivity index (χ1n) is 13.7. The molecule has 2 aromatic carbocycles. The van der Waals surface area contributed by atoms with Crippen LogP contribution < -0.4 is 9.64 Å². The molecule has 208 valence electrons. The average molecular weight is 655 g/mol. The molecule has 9 heteroatoms. The monoisotopic (exact) mass is 654 g/mol. The van der Waals surface area contributed by atoms with Crippen LogP contribution in [0.3, 0.4) is 0 Å². The molecule has 0 spiro atoms. The van der Waals surface area contributed by atoms with Crippen molar-refractivity contribution >= 4 is 51.9 Å². The second-order valence-corrected chi connectivity index (χ2v) is 12.5. The SMILES string of the molecule is CCCN1C(=O)[C@H]2[C@H](CC=C3[C@H]2C[C@H]2C(=O)N(c4ccccc4)C(=O)[C@@]2(C)[C@H]3c2cc(I)c(O)c(OC)c2)C1=O. The van der Waals surface area contributed by atoms with E-state index in [-0.39, 0.29) is 41.0 Å². The van der Waals surface area contributed by atoms with E-state index in [4.69, 9.17) is 4.74 Å². The van der Waals surface area contributed by atoms with Gasteiger partial charge in [0.15, 0.2) is 11.5 Å². The number of ether oxygens (including phenoxy) is 1. The molecule has 4 aliphatic rings. The van der Waals surface area contributed by atoms with Gasteiger partial charge in [0.2, 0.25) is 23.6 Å². The second-order valence-electron chi connectivity index (χ2n) is 11.4. The van der Waals surface area contributed by atoms with Gasteiger partial charge in [-0.2, -0.15) is 0 Å². The number of phenols is 1. The molecule has 3 fully saturated rings. The number of aromatic hydroxyl groups is 1. The van der Waals surface area contributed by atoms with E-state index in [1.54, 1.807) is 30.3 Å². The van der Waals surface area contributed by atoms with Crippen molar-refractivity contribution in [2.24, 2.45) is 29.1 Å². The summed E-state index contributed by atoms with van der Waals surface area (Å²) < 4.78 is 6.03. The van der Waals surface area contributed by atoms with Gasteiger partial charge in [-0.3, -0.25) is 24.1 Å². The normalized spacial score (nSPS) is 31.2. The number of amides is 4. The van der Waals surface area contributed by atoms with Crippen LogP contribution in [0, 0.1) is 32.7 Å². The highest BCUT2D eigenvalue weighted by molar-refractivity contribution is 14.1. The van der Waals surface area contributed by atoms with E-state index in [9.17, 15) is 24.3 Å². The smallest absolute Gasteiger partial charge is 0.241 e. The van der Waals surface area contributed by atoms with Crippen LogP contribution in [-0.4, -0.2) is 47.3 Å². The van der Waals surface area contributed by atoms with Gasteiger partial charge < -0.3 is 9.84 Å². The average Bonchev–Trinajstić information content (AvgIpc) is 3.30. The zero-order valence-electron chi connectivity index (χ0n) is 22.6. The summed E-state index contributed by atoms with van der Waals surface area (Å²) in [4.78, 5) is 58.2. The minimum absolute atomic E-state index is 0.00473. The van der Waals surface area contributed by atoms with Crippen LogP contribution in [0.2, 0.25) is 0 Å². The first-order valence-corrected chi connectivity index (χ1v) is 14.8. The predicted octanol–water partition coefficient (Wildman–Crippen LogP) is 4.65. The van der Waals surface area contributed by atoms with Gasteiger partial charge in [0.1, 0.15) is 0 Å². The van der Waals surface area contributed by atoms with Crippen molar-refractivity contribution in [3.05, 3.63) is 63.2 Å². The molecule has 1 saturated carbocycles. The van der Waals surface area contributed by atoms with Crippen LogP contribution in [0.1, 0.15) is 44.6 Å². The highest BCUT2D eigenvalue weighted by Gasteiger charge is 2.67. The molecule has 2 aromatic rings. The van der Waals surface area contributed by atoms with Gasteiger partial charge in [-0.05, 0) is 84.5 Å². The number of hydrogen-bond acceptors (Lipinski definition) is 6. The lowest BCUT2D eigenvalue weighted by Gasteiger charge is -2.49. The Hall–Kier alpha value is -3.21.